The van der Waals surface area contributed by atoms with E-state index >= 15 is 0 Å². The third kappa shape index (κ3) is 3.51. The summed E-state index contributed by atoms with van der Waals surface area (Å²) in [7, 11) is 0. The molecule has 4 aromatic rings. The van der Waals surface area contributed by atoms with Crippen LogP contribution in [0.1, 0.15) is 22.0 Å². The summed E-state index contributed by atoms with van der Waals surface area (Å²) in [5.41, 5.74) is 5.44. The molecule has 0 fully saturated rings. The summed E-state index contributed by atoms with van der Waals surface area (Å²) in [5, 5.41) is 7.24. The molecular formula is C20H17N3OS. The first-order chi connectivity index (χ1) is 12.2. The summed E-state index contributed by atoms with van der Waals surface area (Å²) < 4.78 is 5.40. The van der Waals surface area contributed by atoms with Crippen molar-refractivity contribution in [2.75, 3.05) is 0 Å². The molecule has 25 heavy (non-hydrogen) atoms. The highest BCUT2D eigenvalue weighted by atomic mass is 32.1. The maximum Gasteiger partial charge on any atom is 0.231 e. The van der Waals surface area contributed by atoms with Gasteiger partial charge in [-0.25, -0.2) is 4.98 Å². The van der Waals surface area contributed by atoms with Crippen LogP contribution >= 0.6 is 11.3 Å². The molecule has 0 N–H and O–H groups in total. The zero-order valence-electron chi connectivity index (χ0n) is 14.1. The molecule has 2 aromatic heterocycles. The third-order valence-electron chi connectivity index (χ3n) is 4.00. The summed E-state index contributed by atoms with van der Waals surface area (Å²) in [6.45, 7) is 4.09. The Bertz CT molecular complexity index is 984. The fraction of sp³-hybridized carbons (Fsp3) is 0.150. The van der Waals surface area contributed by atoms with Crippen LogP contribution in [0.3, 0.4) is 0 Å². The Morgan fingerprint density at radius 1 is 0.880 bits per heavy atom. The fourth-order valence-corrected chi connectivity index (χ4v) is 3.23. The molecule has 4 nitrogen and oxygen atoms in total. The number of benzene rings is 2. The molecule has 2 heterocycles. The minimum absolute atomic E-state index is 0.614. The van der Waals surface area contributed by atoms with Gasteiger partial charge in [0, 0.05) is 16.5 Å². The fourth-order valence-electron chi connectivity index (χ4n) is 2.61. The summed E-state index contributed by atoms with van der Waals surface area (Å²) in [6, 6.07) is 16.4. The van der Waals surface area contributed by atoms with Crippen LogP contribution in [0.5, 0.6) is 0 Å². The van der Waals surface area contributed by atoms with E-state index in [1.54, 1.807) is 11.3 Å². The van der Waals surface area contributed by atoms with E-state index < -0.39 is 0 Å². The van der Waals surface area contributed by atoms with Gasteiger partial charge in [0.2, 0.25) is 11.7 Å². The van der Waals surface area contributed by atoms with Gasteiger partial charge in [0.15, 0.2) is 0 Å². The van der Waals surface area contributed by atoms with Crippen molar-refractivity contribution in [1.82, 2.24) is 15.1 Å². The van der Waals surface area contributed by atoms with Crippen molar-refractivity contribution in [1.29, 1.82) is 0 Å². The van der Waals surface area contributed by atoms with Crippen LogP contribution in [0.2, 0.25) is 0 Å². The predicted molar refractivity (Wildman–Crippen MR) is 99.6 cm³/mol. The Morgan fingerprint density at radius 3 is 2.28 bits per heavy atom. The van der Waals surface area contributed by atoms with E-state index in [1.165, 1.54) is 5.56 Å². The van der Waals surface area contributed by atoms with Crippen LogP contribution in [0.15, 0.2) is 58.4 Å². The van der Waals surface area contributed by atoms with Gasteiger partial charge in [-0.1, -0.05) is 59.3 Å². The summed E-state index contributed by atoms with van der Waals surface area (Å²) in [6.07, 6.45) is 0.642. The highest BCUT2D eigenvalue weighted by Gasteiger charge is 2.10. The largest absolute Gasteiger partial charge is 0.339 e. The van der Waals surface area contributed by atoms with Crippen molar-refractivity contribution in [3.63, 3.8) is 0 Å². The number of thiazole rings is 1. The van der Waals surface area contributed by atoms with E-state index in [2.05, 4.69) is 51.7 Å². The predicted octanol–water partition coefficient (Wildman–Crippen LogP) is 5.07. The minimum atomic E-state index is 0.614. The van der Waals surface area contributed by atoms with E-state index in [-0.39, 0.29) is 0 Å². The Morgan fingerprint density at radius 2 is 1.60 bits per heavy atom. The minimum Gasteiger partial charge on any atom is -0.339 e. The van der Waals surface area contributed by atoms with Gasteiger partial charge in [-0.05, 0) is 19.4 Å². The van der Waals surface area contributed by atoms with Crippen LogP contribution in [0, 0.1) is 13.8 Å². The highest BCUT2D eigenvalue weighted by molar-refractivity contribution is 7.09. The normalized spacial score (nSPS) is 11.0. The first kappa shape index (κ1) is 15.7. The molecule has 124 valence electrons. The van der Waals surface area contributed by atoms with Crippen LogP contribution in [-0.4, -0.2) is 15.1 Å². The SMILES string of the molecule is Cc1ccc(Cc2nc(-c3ccc(-c4csc(C)n4)cc3)no2)cc1. The van der Waals surface area contributed by atoms with E-state index in [4.69, 9.17) is 4.52 Å². The van der Waals surface area contributed by atoms with Gasteiger partial charge in [-0.2, -0.15) is 4.98 Å². The maximum absolute atomic E-state index is 5.40. The molecule has 2 aromatic carbocycles. The number of hydrogen-bond donors (Lipinski definition) is 0. The van der Waals surface area contributed by atoms with Gasteiger partial charge >= 0.3 is 0 Å². The number of hydrogen-bond acceptors (Lipinski definition) is 5. The second-order valence-electron chi connectivity index (χ2n) is 6.00. The van der Waals surface area contributed by atoms with Crippen LogP contribution < -0.4 is 0 Å². The van der Waals surface area contributed by atoms with E-state index in [1.807, 2.05) is 31.2 Å². The molecule has 0 aliphatic carbocycles. The van der Waals surface area contributed by atoms with Crippen LogP contribution in [0.4, 0.5) is 0 Å². The summed E-state index contributed by atoms with van der Waals surface area (Å²) in [5.74, 6) is 1.24. The quantitative estimate of drug-likeness (QED) is 0.517. The Hall–Kier alpha value is -2.79. The van der Waals surface area contributed by atoms with Crippen molar-refractivity contribution in [2.24, 2.45) is 0 Å². The number of aryl methyl sites for hydroxylation is 2. The molecule has 0 bridgehead atoms. The van der Waals surface area contributed by atoms with Crippen molar-refractivity contribution >= 4 is 11.3 Å². The molecule has 0 aliphatic rings. The van der Waals surface area contributed by atoms with E-state index in [0.29, 0.717) is 18.1 Å². The lowest BCUT2D eigenvalue weighted by molar-refractivity contribution is 0.385. The van der Waals surface area contributed by atoms with E-state index in [0.717, 1.165) is 27.4 Å². The molecule has 0 saturated heterocycles. The molecule has 0 radical (unpaired) electrons. The number of nitrogens with zero attached hydrogens (tertiary/aromatic N) is 3. The lowest BCUT2D eigenvalue weighted by Gasteiger charge is -1.98. The van der Waals surface area contributed by atoms with Gasteiger partial charge < -0.3 is 4.52 Å². The molecule has 0 saturated carbocycles. The molecule has 5 heteroatoms. The second-order valence-corrected chi connectivity index (χ2v) is 7.07. The van der Waals surface area contributed by atoms with Gasteiger partial charge in [-0.3, -0.25) is 0 Å². The zero-order chi connectivity index (χ0) is 17.2. The smallest absolute Gasteiger partial charge is 0.231 e. The summed E-state index contributed by atoms with van der Waals surface area (Å²) >= 11 is 1.65. The lowest BCUT2D eigenvalue weighted by atomic mass is 10.1. The molecule has 0 amide bonds. The Balaban J connectivity index is 1.52. The first-order valence-corrected chi connectivity index (χ1v) is 8.96. The topological polar surface area (TPSA) is 51.8 Å². The monoisotopic (exact) mass is 347 g/mol. The molecule has 0 atom stereocenters. The molecule has 0 unspecified atom stereocenters. The molecular weight excluding hydrogens is 330 g/mol. The molecule has 0 spiro atoms. The van der Waals surface area contributed by atoms with Gasteiger partial charge in [-0.15, -0.1) is 11.3 Å². The number of aromatic nitrogens is 3. The van der Waals surface area contributed by atoms with Gasteiger partial charge in [0.25, 0.3) is 0 Å². The van der Waals surface area contributed by atoms with Gasteiger partial charge in [0.05, 0.1) is 17.1 Å². The van der Waals surface area contributed by atoms with E-state index in [9.17, 15) is 0 Å². The van der Waals surface area contributed by atoms with Crippen LogP contribution in [-0.2, 0) is 6.42 Å². The molecule has 0 aliphatic heterocycles. The second kappa shape index (κ2) is 6.61. The average molecular weight is 347 g/mol. The Kier molecular flexibility index (Phi) is 4.15. The average Bonchev–Trinajstić information content (AvgIpc) is 3.26. The standard InChI is InChI=1S/C20H17N3OS/c1-13-3-5-15(6-4-13)11-19-22-20(23-24-19)17-9-7-16(8-10-17)18-12-25-14(2)21-18/h3-10,12H,11H2,1-2H3. The number of rotatable bonds is 4. The van der Waals surface area contributed by atoms with Crippen molar-refractivity contribution in [3.05, 3.63) is 75.9 Å². The lowest BCUT2D eigenvalue weighted by Crippen LogP contribution is -1.89. The zero-order valence-corrected chi connectivity index (χ0v) is 14.9. The molecule has 4 rings (SSSR count). The van der Waals surface area contributed by atoms with Crippen LogP contribution in [0.25, 0.3) is 22.6 Å². The van der Waals surface area contributed by atoms with Crippen molar-refractivity contribution < 1.29 is 4.52 Å². The van der Waals surface area contributed by atoms with Crippen molar-refractivity contribution in [2.45, 2.75) is 20.3 Å². The summed E-state index contributed by atoms with van der Waals surface area (Å²) in [4.78, 5) is 9.02. The Labute approximate surface area is 150 Å². The highest BCUT2D eigenvalue weighted by Crippen LogP contribution is 2.25. The third-order valence-corrected chi connectivity index (χ3v) is 4.78. The first-order valence-electron chi connectivity index (χ1n) is 8.08. The van der Waals surface area contributed by atoms with Gasteiger partial charge in [0.1, 0.15) is 0 Å². The maximum atomic E-state index is 5.40. The van der Waals surface area contributed by atoms with Crippen molar-refractivity contribution in [3.8, 4) is 22.6 Å².